The van der Waals surface area contributed by atoms with E-state index in [4.69, 9.17) is 4.42 Å². The number of anilines is 1. The zero-order valence-electron chi connectivity index (χ0n) is 9.50. The van der Waals surface area contributed by atoms with Crippen molar-refractivity contribution in [1.29, 1.82) is 0 Å². The second-order valence-corrected chi connectivity index (χ2v) is 5.71. The van der Waals surface area contributed by atoms with E-state index in [1.807, 2.05) is 6.26 Å². The lowest BCUT2D eigenvalue weighted by Gasteiger charge is -2.33. The minimum absolute atomic E-state index is 0.632. The molecule has 0 radical (unpaired) electrons. The summed E-state index contributed by atoms with van der Waals surface area (Å²) < 4.78 is 6.28. The van der Waals surface area contributed by atoms with Gasteiger partial charge in [-0.05, 0) is 48.3 Å². The smallest absolute Gasteiger partial charge is 0.192 e. The first kappa shape index (κ1) is 10.7. The molecular weight excluding hydrogens is 268 g/mol. The Morgan fingerprint density at radius 3 is 3.25 bits per heavy atom. The van der Waals surface area contributed by atoms with Crippen LogP contribution < -0.4 is 5.32 Å². The van der Waals surface area contributed by atoms with E-state index >= 15 is 0 Å². The topological polar surface area (TPSA) is 28.4 Å². The zero-order valence-corrected chi connectivity index (χ0v) is 11.1. The van der Waals surface area contributed by atoms with Crippen molar-refractivity contribution in [3.05, 3.63) is 16.5 Å². The largest absolute Gasteiger partial charge is 0.455 e. The summed E-state index contributed by atoms with van der Waals surface area (Å²) in [5, 5.41) is 3.45. The van der Waals surface area contributed by atoms with Crippen molar-refractivity contribution in [2.75, 3.05) is 32.0 Å². The molecule has 2 unspecified atom stereocenters. The third-order valence-electron chi connectivity index (χ3n) is 3.90. The average molecular weight is 285 g/mol. The molecule has 3 heterocycles. The van der Waals surface area contributed by atoms with Crippen LogP contribution in [0.4, 0.5) is 5.69 Å². The first-order chi connectivity index (χ1) is 7.75. The van der Waals surface area contributed by atoms with E-state index in [-0.39, 0.29) is 0 Å². The second-order valence-electron chi connectivity index (χ2n) is 4.99. The number of likely N-dealkylation sites (tertiary alicyclic amines) is 1. The van der Waals surface area contributed by atoms with Crippen LogP contribution in [0, 0.1) is 5.92 Å². The predicted octanol–water partition coefficient (Wildman–Crippen LogP) is 2.89. The van der Waals surface area contributed by atoms with Crippen LogP contribution in [-0.4, -0.2) is 31.6 Å². The number of fused-ring (bicyclic) bond motifs is 1. The van der Waals surface area contributed by atoms with Gasteiger partial charge in [-0.25, -0.2) is 0 Å². The van der Waals surface area contributed by atoms with Gasteiger partial charge in [0.2, 0.25) is 0 Å². The van der Waals surface area contributed by atoms with Gasteiger partial charge in [-0.2, -0.15) is 0 Å². The normalized spacial score (nSPS) is 30.1. The summed E-state index contributed by atoms with van der Waals surface area (Å²) in [6.45, 7) is 3.53. The molecule has 3 nitrogen and oxygen atoms in total. The Kier molecular flexibility index (Phi) is 2.72. The predicted molar refractivity (Wildman–Crippen MR) is 67.9 cm³/mol. The second kappa shape index (κ2) is 4.08. The lowest BCUT2D eigenvalue weighted by molar-refractivity contribution is 0.191. The first-order valence-electron chi connectivity index (χ1n) is 5.95. The highest BCUT2D eigenvalue weighted by Crippen LogP contribution is 2.43. The standard InChI is InChI=1S/C12H17BrN2O/c1-15-4-2-3-8(6-15)9-5-14-11-10(9)7-16-12(11)13/h7-9,14H,2-6H2,1H3. The fourth-order valence-corrected chi connectivity index (χ4v) is 3.53. The van der Waals surface area contributed by atoms with Crippen LogP contribution in [0.5, 0.6) is 0 Å². The summed E-state index contributed by atoms with van der Waals surface area (Å²) in [6.07, 6.45) is 4.59. The van der Waals surface area contributed by atoms with Gasteiger partial charge in [0.25, 0.3) is 0 Å². The van der Waals surface area contributed by atoms with Crippen molar-refractivity contribution in [3.63, 3.8) is 0 Å². The molecule has 2 aliphatic heterocycles. The summed E-state index contributed by atoms with van der Waals surface area (Å²) >= 11 is 3.44. The van der Waals surface area contributed by atoms with E-state index in [1.54, 1.807) is 0 Å². The Hall–Kier alpha value is -0.480. The molecule has 0 aromatic carbocycles. The number of rotatable bonds is 1. The molecule has 2 atom stereocenters. The van der Waals surface area contributed by atoms with Crippen molar-refractivity contribution in [1.82, 2.24) is 4.90 Å². The molecule has 88 valence electrons. The lowest BCUT2D eigenvalue weighted by atomic mass is 9.83. The Balaban J connectivity index is 1.81. The molecule has 0 bridgehead atoms. The molecule has 0 amide bonds. The summed E-state index contributed by atoms with van der Waals surface area (Å²) in [7, 11) is 2.22. The van der Waals surface area contributed by atoms with Gasteiger partial charge in [-0.3, -0.25) is 0 Å². The van der Waals surface area contributed by atoms with Crippen molar-refractivity contribution in [2.45, 2.75) is 18.8 Å². The van der Waals surface area contributed by atoms with E-state index in [0.29, 0.717) is 5.92 Å². The van der Waals surface area contributed by atoms with Crippen molar-refractivity contribution in [3.8, 4) is 0 Å². The molecule has 1 aromatic rings. The Labute approximate surface area is 104 Å². The van der Waals surface area contributed by atoms with Gasteiger partial charge in [-0.1, -0.05) is 0 Å². The van der Waals surface area contributed by atoms with Crippen LogP contribution in [-0.2, 0) is 0 Å². The third-order valence-corrected chi connectivity index (χ3v) is 4.49. The van der Waals surface area contributed by atoms with Crippen LogP contribution in [0.2, 0.25) is 0 Å². The highest BCUT2D eigenvalue weighted by Gasteiger charge is 2.34. The third kappa shape index (κ3) is 1.68. The SMILES string of the molecule is CN1CCCC(C2CNc3c2coc3Br)C1. The van der Waals surface area contributed by atoms with E-state index in [2.05, 4.69) is 33.2 Å². The Morgan fingerprint density at radius 2 is 2.44 bits per heavy atom. The van der Waals surface area contributed by atoms with Gasteiger partial charge in [-0.15, -0.1) is 0 Å². The van der Waals surface area contributed by atoms with Crippen LogP contribution in [0.3, 0.4) is 0 Å². The highest BCUT2D eigenvalue weighted by atomic mass is 79.9. The number of hydrogen-bond acceptors (Lipinski definition) is 3. The van der Waals surface area contributed by atoms with E-state index in [1.165, 1.54) is 37.2 Å². The van der Waals surface area contributed by atoms with Crippen LogP contribution in [0.25, 0.3) is 0 Å². The van der Waals surface area contributed by atoms with Crippen LogP contribution in [0.1, 0.15) is 24.3 Å². The minimum atomic E-state index is 0.632. The van der Waals surface area contributed by atoms with Crippen molar-refractivity contribution < 1.29 is 4.42 Å². The molecule has 2 aliphatic rings. The summed E-state index contributed by atoms with van der Waals surface area (Å²) in [5.41, 5.74) is 2.55. The first-order valence-corrected chi connectivity index (χ1v) is 6.74. The van der Waals surface area contributed by atoms with Crippen molar-refractivity contribution in [2.24, 2.45) is 5.92 Å². The summed E-state index contributed by atoms with van der Waals surface area (Å²) in [6, 6.07) is 0. The van der Waals surface area contributed by atoms with Crippen LogP contribution >= 0.6 is 15.9 Å². The van der Waals surface area contributed by atoms with Gasteiger partial charge < -0.3 is 14.6 Å². The number of furan rings is 1. The Bertz CT molecular complexity index is 390. The molecule has 0 aliphatic carbocycles. The lowest BCUT2D eigenvalue weighted by Crippen LogP contribution is -2.35. The van der Waals surface area contributed by atoms with Crippen LogP contribution in [0.15, 0.2) is 15.3 Å². The maximum atomic E-state index is 5.43. The van der Waals surface area contributed by atoms with E-state index in [0.717, 1.165) is 17.1 Å². The van der Waals surface area contributed by atoms with E-state index in [9.17, 15) is 0 Å². The molecule has 1 saturated heterocycles. The zero-order chi connectivity index (χ0) is 11.1. The maximum Gasteiger partial charge on any atom is 0.192 e. The summed E-state index contributed by atoms with van der Waals surface area (Å²) in [4.78, 5) is 2.45. The molecule has 16 heavy (non-hydrogen) atoms. The Morgan fingerprint density at radius 1 is 1.56 bits per heavy atom. The molecule has 0 saturated carbocycles. The molecule has 1 aromatic heterocycles. The van der Waals surface area contributed by atoms with Gasteiger partial charge in [0.05, 0.1) is 12.0 Å². The highest BCUT2D eigenvalue weighted by molar-refractivity contribution is 9.10. The van der Waals surface area contributed by atoms with Gasteiger partial charge in [0, 0.05) is 24.6 Å². The fraction of sp³-hybridized carbons (Fsp3) is 0.667. The fourth-order valence-electron chi connectivity index (χ4n) is 3.07. The van der Waals surface area contributed by atoms with Gasteiger partial charge >= 0.3 is 0 Å². The molecule has 1 fully saturated rings. The van der Waals surface area contributed by atoms with Crippen molar-refractivity contribution >= 4 is 21.6 Å². The average Bonchev–Trinajstić information content (AvgIpc) is 2.82. The molecule has 1 N–H and O–H groups in total. The number of nitrogens with one attached hydrogen (secondary N) is 1. The molecule has 3 rings (SSSR count). The van der Waals surface area contributed by atoms with E-state index < -0.39 is 0 Å². The number of nitrogens with zero attached hydrogens (tertiary/aromatic N) is 1. The molecular formula is C12H17BrN2O. The number of hydrogen-bond donors (Lipinski definition) is 1. The van der Waals surface area contributed by atoms with Gasteiger partial charge in [0.1, 0.15) is 0 Å². The number of halogens is 1. The maximum absolute atomic E-state index is 5.43. The molecule has 4 heteroatoms. The van der Waals surface area contributed by atoms with Gasteiger partial charge in [0.15, 0.2) is 4.67 Å². The monoisotopic (exact) mass is 284 g/mol. The quantitative estimate of drug-likeness (QED) is 0.860. The minimum Gasteiger partial charge on any atom is -0.455 e. The summed E-state index contributed by atoms with van der Waals surface area (Å²) in [5.74, 6) is 1.41. The molecule has 0 spiro atoms. The number of piperidine rings is 1.